The third kappa shape index (κ3) is 3.19. The number of rotatable bonds is 3. The Bertz CT molecular complexity index is 502. The molecule has 0 aromatic carbocycles. The molecule has 1 aliphatic rings. The molecule has 1 saturated heterocycles. The highest BCUT2D eigenvalue weighted by molar-refractivity contribution is 5.98. The van der Waals surface area contributed by atoms with Gasteiger partial charge in [0.05, 0.1) is 13.7 Å². The Labute approximate surface area is 118 Å². The maximum atomic E-state index is 12.3. The van der Waals surface area contributed by atoms with Crippen LogP contribution >= 0.6 is 0 Å². The molecule has 110 valence electrons. The largest absolute Gasteiger partial charge is 0.453 e. The van der Waals surface area contributed by atoms with Crippen molar-refractivity contribution < 1.29 is 14.3 Å². The molecule has 1 aromatic heterocycles. The molecule has 1 fully saturated rings. The normalized spacial score (nSPS) is 16.2. The molecule has 0 bridgehead atoms. The van der Waals surface area contributed by atoms with E-state index in [1.54, 1.807) is 4.90 Å². The Morgan fingerprint density at radius 3 is 2.40 bits per heavy atom. The van der Waals surface area contributed by atoms with E-state index < -0.39 is 0 Å². The van der Waals surface area contributed by atoms with Crippen molar-refractivity contribution in [1.82, 2.24) is 14.8 Å². The van der Waals surface area contributed by atoms with Crippen LogP contribution in [0.2, 0.25) is 0 Å². The Morgan fingerprint density at radius 1 is 1.25 bits per heavy atom. The summed E-state index contributed by atoms with van der Waals surface area (Å²) in [5.74, 6) is 0.123. The smallest absolute Gasteiger partial charge is 0.409 e. The summed E-state index contributed by atoms with van der Waals surface area (Å²) in [6, 6.07) is 1.89. The maximum Gasteiger partial charge on any atom is 0.409 e. The quantitative estimate of drug-likeness (QED) is 0.844. The summed E-state index contributed by atoms with van der Waals surface area (Å²) in [5.41, 5.74) is 2.68. The monoisotopic (exact) mass is 279 g/mol. The minimum atomic E-state index is -0.298. The van der Waals surface area contributed by atoms with Crippen LogP contribution in [0.3, 0.4) is 0 Å². The Kier molecular flexibility index (Phi) is 4.44. The minimum Gasteiger partial charge on any atom is -0.453 e. The third-order valence-corrected chi connectivity index (χ3v) is 3.62. The number of hydrogen-bond acceptors (Lipinski definition) is 4. The molecule has 2 heterocycles. The molecule has 1 N–H and O–H groups in total. The molecule has 6 heteroatoms. The zero-order valence-electron chi connectivity index (χ0n) is 12.2. The van der Waals surface area contributed by atoms with E-state index in [1.807, 2.05) is 19.9 Å². The Balaban J connectivity index is 1.88. The van der Waals surface area contributed by atoms with Crippen LogP contribution in [-0.4, -0.2) is 66.5 Å². The molecule has 2 rings (SSSR count). The minimum absolute atomic E-state index is 0.123. The highest BCUT2D eigenvalue weighted by Crippen LogP contribution is 2.12. The number of ketones is 1. The van der Waals surface area contributed by atoms with E-state index in [2.05, 4.69) is 9.88 Å². The lowest BCUT2D eigenvalue weighted by Crippen LogP contribution is -2.49. The summed E-state index contributed by atoms with van der Waals surface area (Å²) < 4.78 is 4.69. The van der Waals surface area contributed by atoms with Crippen molar-refractivity contribution in [2.45, 2.75) is 13.8 Å². The number of aryl methyl sites for hydroxylation is 2. The zero-order chi connectivity index (χ0) is 14.7. The molecule has 1 aliphatic heterocycles. The van der Waals surface area contributed by atoms with Crippen molar-refractivity contribution in [2.75, 3.05) is 39.8 Å². The number of piperazine rings is 1. The van der Waals surface area contributed by atoms with Gasteiger partial charge >= 0.3 is 6.09 Å². The van der Waals surface area contributed by atoms with E-state index in [1.165, 1.54) is 7.11 Å². The summed E-state index contributed by atoms with van der Waals surface area (Å²) in [5, 5.41) is 0. The SMILES string of the molecule is COC(=O)N1CCN(CC(=O)c2cc(C)[nH]c2C)CC1. The van der Waals surface area contributed by atoms with Gasteiger partial charge in [-0.2, -0.15) is 0 Å². The molecule has 1 amide bonds. The van der Waals surface area contributed by atoms with Crippen LogP contribution in [0.5, 0.6) is 0 Å². The van der Waals surface area contributed by atoms with Gasteiger partial charge in [-0.05, 0) is 19.9 Å². The van der Waals surface area contributed by atoms with E-state index in [0.717, 1.165) is 17.0 Å². The molecule has 0 saturated carbocycles. The third-order valence-electron chi connectivity index (χ3n) is 3.62. The highest BCUT2D eigenvalue weighted by atomic mass is 16.5. The van der Waals surface area contributed by atoms with E-state index in [9.17, 15) is 9.59 Å². The molecule has 0 atom stereocenters. The van der Waals surface area contributed by atoms with Crippen LogP contribution in [0.1, 0.15) is 21.7 Å². The van der Waals surface area contributed by atoms with Gasteiger partial charge in [0.2, 0.25) is 0 Å². The first-order valence-electron chi connectivity index (χ1n) is 6.76. The number of ether oxygens (including phenoxy) is 1. The van der Waals surface area contributed by atoms with Crippen LogP contribution in [-0.2, 0) is 4.74 Å². The Hall–Kier alpha value is -1.82. The lowest BCUT2D eigenvalue weighted by Gasteiger charge is -2.33. The van der Waals surface area contributed by atoms with Crippen LogP contribution in [0.25, 0.3) is 0 Å². The summed E-state index contributed by atoms with van der Waals surface area (Å²) in [6.07, 6.45) is -0.298. The van der Waals surface area contributed by atoms with Crippen molar-refractivity contribution in [3.63, 3.8) is 0 Å². The standard InChI is InChI=1S/C14H21N3O3/c1-10-8-12(11(2)15-10)13(18)9-16-4-6-17(7-5-16)14(19)20-3/h8,15H,4-7,9H2,1-3H3. The molecule has 6 nitrogen and oxygen atoms in total. The predicted octanol–water partition coefficient (Wildman–Crippen LogP) is 1.20. The second-order valence-corrected chi connectivity index (χ2v) is 5.15. The van der Waals surface area contributed by atoms with Crippen molar-refractivity contribution in [1.29, 1.82) is 0 Å². The fourth-order valence-electron chi connectivity index (χ4n) is 2.52. The molecular formula is C14H21N3O3. The van der Waals surface area contributed by atoms with Crippen LogP contribution in [0, 0.1) is 13.8 Å². The summed E-state index contributed by atoms with van der Waals surface area (Å²) in [6.45, 7) is 6.85. The van der Waals surface area contributed by atoms with Gasteiger partial charge in [0, 0.05) is 43.1 Å². The van der Waals surface area contributed by atoms with Gasteiger partial charge in [0.15, 0.2) is 5.78 Å². The lowest BCUT2D eigenvalue weighted by molar-refractivity contribution is 0.0790. The first kappa shape index (κ1) is 14.6. The van der Waals surface area contributed by atoms with E-state index >= 15 is 0 Å². The van der Waals surface area contributed by atoms with Gasteiger partial charge in [-0.15, -0.1) is 0 Å². The number of H-pyrrole nitrogens is 1. The van der Waals surface area contributed by atoms with Crippen LogP contribution in [0.4, 0.5) is 4.79 Å². The van der Waals surface area contributed by atoms with Crippen molar-refractivity contribution in [2.24, 2.45) is 0 Å². The maximum absolute atomic E-state index is 12.3. The molecular weight excluding hydrogens is 258 g/mol. The van der Waals surface area contributed by atoms with Crippen molar-refractivity contribution >= 4 is 11.9 Å². The molecule has 1 aromatic rings. The average Bonchev–Trinajstić information content (AvgIpc) is 2.78. The number of Topliss-reactive ketones (excluding diaryl/α,β-unsaturated/α-hetero) is 1. The number of amides is 1. The molecule has 0 unspecified atom stereocenters. The lowest BCUT2D eigenvalue weighted by atomic mass is 10.1. The first-order chi connectivity index (χ1) is 9.51. The second kappa shape index (κ2) is 6.09. The number of hydrogen-bond donors (Lipinski definition) is 1. The van der Waals surface area contributed by atoms with Gasteiger partial charge in [0.1, 0.15) is 0 Å². The molecule has 20 heavy (non-hydrogen) atoms. The van der Waals surface area contributed by atoms with E-state index in [4.69, 9.17) is 4.74 Å². The van der Waals surface area contributed by atoms with E-state index in [0.29, 0.717) is 32.7 Å². The van der Waals surface area contributed by atoms with Crippen LogP contribution < -0.4 is 0 Å². The Morgan fingerprint density at radius 2 is 1.90 bits per heavy atom. The molecule has 0 radical (unpaired) electrons. The number of methoxy groups -OCH3 is 1. The predicted molar refractivity (Wildman–Crippen MR) is 75.0 cm³/mol. The number of carbonyl (C=O) groups excluding carboxylic acids is 2. The topological polar surface area (TPSA) is 65.6 Å². The number of aromatic amines is 1. The average molecular weight is 279 g/mol. The zero-order valence-corrected chi connectivity index (χ0v) is 12.2. The van der Waals surface area contributed by atoms with Gasteiger partial charge in [-0.25, -0.2) is 4.79 Å². The van der Waals surface area contributed by atoms with E-state index in [-0.39, 0.29) is 11.9 Å². The fourth-order valence-corrected chi connectivity index (χ4v) is 2.52. The van der Waals surface area contributed by atoms with Gasteiger partial charge in [-0.3, -0.25) is 9.69 Å². The second-order valence-electron chi connectivity index (χ2n) is 5.15. The van der Waals surface area contributed by atoms with Gasteiger partial charge < -0.3 is 14.6 Å². The fraction of sp³-hybridized carbons (Fsp3) is 0.571. The number of nitrogens with zero attached hydrogens (tertiary/aromatic N) is 2. The number of aromatic nitrogens is 1. The first-order valence-corrected chi connectivity index (χ1v) is 6.76. The number of nitrogens with one attached hydrogen (secondary N) is 1. The van der Waals surface area contributed by atoms with Gasteiger partial charge in [0.25, 0.3) is 0 Å². The van der Waals surface area contributed by atoms with Crippen molar-refractivity contribution in [3.05, 3.63) is 23.0 Å². The highest BCUT2D eigenvalue weighted by Gasteiger charge is 2.23. The molecule has 0 spiro atoms. The van der Waals surface area contributed by atoms with Crippen molar-refractivity contribution in [3.8, 4) is 0 Å². The van der Waals surface area contributed by atoms with Crippen LogP contribution in [0.15, 0.2) is 6.07 Å². The molecule has 0 aliphatic carbocycles. The summed E-state index contributed by atoms with van der Waals surface area (Å²) in [7, 11) is 1.38. The number of carbonyl (C=O) groups is 2. The summed E-state index contributed by atoms with van der Waals surface area (Å²) >= 11 is 0. The van der Waals surface area contributed by atoms with Gasteiger partial charge in [-0.1, -0.05) is 0 Å². The summed E-state index contributed by atoms with van der Waals surface area (Å²) in [4.78, 5) is 30.5.